The zero-order valence-corrected chi connectivity index (χ0v) is 13.7. The van der Waals surface area contributed by atoms with Crippen LogP contribution in [0, 0.1) is 11.8 Å². The minimum Gasteiger partial charge on any atom is -0.310 e. The molecule has 1 aromatic rings. The quantitative estimate of drug-likeness (QED) is 0.856. The molecule has 1 aliphatic carbocycles. The minimum atomic E-state index is 0.506. The van der Waals surface area contributed by atoms with Gasteiger partial charge in [-0.1, -0.05) is 33.6 Å². The molecule has 1 unspecified atom stereocenters. The lowest BCUT2D eigenvalue weighted by molar-refractivity contribution is 0.231. The molecule has 2 rings (SSSR count). The van der Waals surface area contributed by atoms with E-state index in [4.69, 9.17) is 0 Å². The van der Waals surface area contributed by atoms with E-state index in [-0.39, 0.29) is 0 Å². The van der Waals surface area contributed by atoms with Crippen molar-refractivity contribution in [3.05, 3.63) is 17.5 Å². The SMILES string of the molecule is CCCNC(c1cn(C)nc1CC)C1CCC(C)CC1. The van der Waals surface area contributed by atoms with Crippen molar-refractivity contribution in [1.82, 2.24) is 15.1 Å². The van der Waals surface area contributed by atoms with Gasteiger partial charge in [-0.2, -0.15) is 5.10 Å². The Balaban J connectivity index is 2.17. The number of nitrogens with zero attached hydrogens (tertiary/aromatic N) is 2. The van der Waals surface area contributed by atoms with Crippen molar-refractivity contribution >= 4 is 0 Å². The van der Waals surface area contributed by atoms with Crippen molar-refractivity contribution in [2.45, 2.75) is 65.3 Å². The maximum absolute atomic E-state index is 4.64. The number of rotatable bonds is 6. The Morgan fingerprint density at radius 1 is 1.30 bits per heavy atom. The lowest BCUT2D eigenvalue weighted by Crippen LogP contribution is -2.31. The molecule has 0 saturated heterocycles. The summed E-state index contributed by atoms with van der Waals surface area (Å²) in [6, 6.07) is 0.506. The van der Waals surface area contributed by atoms with Crippen molar-refractivity contribution < 1.29 is 0 Å². The maximum Gasteiger partial charge on any atom is 0.0669 e. The van der Waals surface area contributed by atoms with Gasteiger partial charge in [-0.05, 0) is 44.1 Å². The Kier molecular flexibility index (Phi) is 5.64. The fraction of sp³-hybridized carbons (Fsp3) is 0.824. The molecule has 3 heteroatoms. The van der Waals surface area contributed by atoms with Crippen LogP contribution >= 0.6 is 0 Å². The molecule has 0 spiro atoms. The summed E-state index contributed by atoms with van der Waals surface area (Å²) < 4.78 is 1.99. The molecule has 0 aromatic carbocycles. The molecule has 0 radical (unpaired) electrons. The van der Waals surface area contributed by atoms with Crippen LogP contribution in [0.25, 0.3) is 0 Å². The Morgan fingerprint density at radius 3 is 2.60 bits per heavy atom. The third-order valence-electron chi connectivity index (χ3n) is 4.75. The summed E-state index contributed by atoms with van der Waals surface area (Å²) in [6.45, 7) is 7.96. The van der Waals surface area contributed by atoms with Crippen LogP contribution in [0.5, 0.6) is 0 Å². The van der Waals surface area contributed by atoms with Gasteiger partial charge in [-0.3, -0.25) is 4.68 Å². The Morgan fingerprint density at radius 2 is 2.00 bits per heavy atom. The predicted molar refractivity (Wildman–Crippen MR) is 84.7 cm³/mol. The Bertz CT molecular complexity index is 402. The number of hydrogen-bond acceptors (Lipinski definition) is 2. The Hall–Kier alpha value is -0.830. The van der Waals surface area contributed by atoms with Crippen LogP contribution in [0.2, 0.25) is 0 Å². The van der Waals surface area contributed by atoms with Crippen molar-refractivity contribution in [2.24, 2.45) is 18.9 Å². The largest absolute Gasteiger partial charge is 0.310 e. The van der Waals surface area contributed by atoms with Gasteiger partial charge in [0.2, 0.25) is 0 Å². The second-order valence-corrected chi connectivity index (χ2v) is 6.51. The number of hydrogen-bond donors (Lipinski definition) is 1. The van der Waals surface area contributed by atoms with Crippen LogP contribution in [-0.4, -0.2) is 16.3 Å². The van der Waals surface area contributed by atoms with E-state index in [1.807, 2.05) is 11.7 Å². The molecule has 0 bridgehead atoms. The van der Waals surface area contributed by atoms with E-state index < -0.39 is 0 Å². The van der Waals surface area contributed by atoms with E-state index in [1.165, 1.54) is 43.4 Å². The monoisotopic (exact) mass is 277 g/mol. The van der Waals surface area contributed by atoms with Crippen LogP contribution in [-0.2, 0) is 13.5 Å². The highest BCUT2D eigenvalue weighted by Crippen LogP contribution is 2.37. The molecular formula is C17H31N3. The maximum atomic E-state index is 4.64. The van der Waals surface area contributed by atoms with Crippen LogP contribution < -0.4 is 5.32 Å². The summed E-state index contributed by atoms with van der Waals surface area (Å²) in [6.07, 6.45) is 9.96. The first-order valence-electron chi connectivity index (χ1n) is 8.41. The first-order valence-corrected chi connectivity index (χ1v) is 8.41. The molecule has 1 atom stereocenters. The first-order chi connectivity index (χ1) is 9.65. The van der Waals surface area contributed by atoms with Gasteiger partial charge in [0.15, 0.2) is 0 Å². The van der Waals surface area contributed by atoms with E-state index in [0.29, 0.717) is 6.04 Å². The molecule has 0 aliphatic heterocycles. The highest BCUT2D eigenvalue weighted by Gasteiger charge is 2.29. The molecule has 20 heavy (non-hydrogen) atoms. The number of nitrogens with one attached hydrogen (secondary N) is 1. The number of aromatic nitrogens is 2. The van der Waals surface area contributed by atoms with Crippen LogP contribution in [0.15, 0.2) is 6.20 Å². The topological polar surface area (TPSA) is 29.9 Å². The zero-order valence-electron chi connectivity index (χ0n) is 13.7. The molecule has 1 fully saturated rings. The van der Waals surface area contributed by atoms with Crippen molar-refractivity contribution in [3.63, 3.8) is 0 Å². The highest BCUT2D eigenvalue weighted by atomic mass is 15.3. The fourth-order valence-electron chi connectivity index (χ4n) is 3.54. The molecular weight excluding hydrogens is 246 g/mol. The van der Waals surface area contributed by atoms with Gasteiger partial charge in [0.25, 0.3) is 0 Å². The third-order valence-corrected chi connectivity index (χ3v) is 4.75. The second kappa shape index (κ2) is 7.26. The van der Waals surface area contributed by atoms with Gasteiger partial charge in [0.05, 0.1) is 5.69 Å². The van der Waals surface area contributed by atoms with Crippen LogP contribution in [0.3, 0.4) is 0 Å². The normalized spacial score (nSPS) is 24.8. The summed E-state index contributed by atoms with van der Waals surface area (Å²) in [5.74, 6) is 1.70. The fourth-order valence-corrected chi connectivity index (χ4v) is 3.54. The lowest BCUT2D eigenvalue weighted by atomic mass is 9.77. The third kappa shape index (κ3) is 3.63. The Labute approximate surface area is 124 Å². The second-order valence-electron chi connectivity index (χ2n) is 6.51. The number of aryl methyl sites for hydroxylation is 2. The van der Waals surface area contributed by atoms with E-state index in [0.717, 1.165) is 24.8 Å². The molecule has 114 valence electrons. The van der Waals surface area contributed by atoms with Crippen molar-refractivity contribution in [2.75, 3.05) is 6.54 Å². The molecule has 1 N–H and O–H groups in total. The predicted octanol–water partition coefficient (Wildman–Crippen LogP) is 3.85. The first kappa shape index (κ1) is 15.6. The summed E-state index contributed by atoms with van der Waals surface area (Å²) in [5, 5.41) is 8.45. The highest BCUT2D eigenvalue weighted by molar-refractivity contribution is 5.22. The van der Waals surface area contributed by atoms with Crippen LogP contribution in [0.4, 0.5) is 0 Å². The lowest BCUT2D eigenvalue weighted by Gasteiger charge is -2.33. The molecule has 1 heterocycles. The van der Waals surface area contributed by atoms with Crippen molar-refractivity contribution in [1.29, 1.82) is 0 Å². The van der Waals surface area contributed by atoms with Crippen LogP contribution in [0.1, 0.15) is 70.2 Å². The van der Waals surface area contributed by atoms with Gasteiger partial charge >= 0.3 is 0 Å². The molecule has 1 aliphatic rings. The smallest absolute Gasteiger partial charge is 0.0669 e. The van der Waals surface area contributed by atoms with E-state index in [2.05, 4.69) is 37.4 Å². The summed E-state index contributed by atoms with van der Waals surface area (Å²) >= 11 is 0. The molecule has 3 nitrogen and oxygen atoms in total. The summed E-state index contributed by atoms with van der Waals surface area (Å²) in [5.41, 5.74) is 2.72. The zero-order chi connectivity index (χ0) is 14.5. The molecule has 1 saturated carbocycles. The summed E-state index contributed by atoms with van der Waals surface area (Å²) in [7, 11) is 2.04. The average Bonchev–Trinajstić information content (AvgIpc) is 2.82. The van der Waals surface area contributed by atoms with Gasteiger partial charge in [0, 0.05) is 24.8 Å². The molecule has 0 amide bonds. The van der Waals surface area contributed by atoms with Gasteiger partial charge in [-0.15, -0.1) is 0 Å². The van der Waals surface area contributed by atoms with Gasteiger partial charge in [0.1, 0.15) is 0 Å². The average molecular weight is 277 g/mol. The standard InChI is InChI=1S/C17H31N3/c1-5-11-18-17(14-9-7-13(3)8-10-14)15-12-20(4)19-16(15)6-2/h12-14,17-18H,5-11H2,1-4H3. The van der Waals surface area contributed by atoms with Crippen molar-refractivity contribution in [3.8, 4) is 0 Å². The van der Waals surface area contributed by atoms with Gasteiger partial charge in [-0.25, -0.2) is 0 Å². The van der Waals surface area contributed by atoms with Gasteiger partial charge < -0.3 is 5.32 Å². The van der Waals surface area contributed by atoms with E-state index >= 15 is 0 Å². The van der Waals surface area contributed by atoms with E-state index in [1.54, 1.807) is 0 Å². The van der Waals surface area contributed by atoms with E-state index in [9.17, 15) is 0 Å². The molecule has 1 aromatic heterocycles. The minimum absolute atomic E-state index is 0.506. The summed E-state index contributed by atoms with van der Waals surface area (Å²) in [4.78, 5) is 0.